The predicted molar refractivity (Wildman–Crippen MR) is 90.3 cm³/mol. The lowest BCUT2D eigenvalue weighted by molar-refractivity contribution is 0.916. The summed E-state index contributed by atoms with van der Waals surface area (Å²) < 4.78 is 1.10. The Labute approximate surface area is 135 Å². The molecule has 2 aromatic carbocycles. The Balaban J connectivity index is 2.25. The van der Waals surface area contributed by atoms with E-state index in [1.807, 2.05) is 18.2 Å². The van der Waals surface area contributed by atoms with E-state index in [9.17, 15) is 0 Å². The zero-order valence-electron chi connectivity index (χ0n) is 10.5. The van der Waals surface area contributed by atoms with Crippen LogP contribution < -0.4 is 4.90 Å². The summed E-state index contributed by atoms with van der Waals surface area (Å²) in [5.41, 5.74) is 3.54. The highest BCUT2D eigenvalue weighted by Gasteiger charge is 2.10. The van der Waals surface area contributed by atoms with E-state index in [1.54, 1.807) is 0 Å². The number of nitrogens with zero attached hydrogens (tertiary/aromatic N) is 1. The third-order valence-corrected chi connectivity index (χ3v) is 4.36. The van der Waals surface area contributed by atoms with Crippen LogP contribution in [0, 0.1) is 0 Å². The average molecular weight is 404 g/mol. The number of hydrogen-bond donors (Lipinski definition) is 0. The number of benzene rings is 2. The van der Waals surface area contributed by atoms with Crippen LogP contribution >= 0.6 is 43.5 Å². The summed E-state index contributed by atoms with van der Waals surface area (Å²) in [5.74, 6) is 0. The van der Waals surface area contributed by atoms with Crippen LogP contribution in [0.3, 0.4) is 0 Å². The Bertz CT molecular complexity index is 572. The van der Waals surface area contributed by atoms with E-state index in [0.29, 0.717) is 0 Å². The average Bonchev–Trinajstić information content (AvgIpc) is 2.38. The van der Waals surface area contributed by atoms with E-state index < -0.39 is 0 Å². The third kappa shape index (κ3) is 3.74. The molecule has 0 atom stereocenters. The molecule has 100 valence electrons. The zero-order valence-corrected chi connectivity index (χ0v) is 14.5. The first-order valence-corrected chi connectivity index (χ1v) is 8.20. The second-order valence-electron chi connectivity index (χ2n) is 4.36. The lowest BCUT2D eigenvalue weighted by atomic mass is 10.1. The van der Waals surface area contributed by atoms with Crippen molar-refractivity contribution in [3.8, 4) is 0 Å². The van der Waals surface area contributed by atoms with Gasteiger partial charge in [0, 0.05) is 39.7 Å². The lowest BCUT2D eigenvalue weighted by Gasteiger charge is -2.23. The number of hydrogen-bond acceptors (Lipinski definition) is 1. The van der Waals surface area contributed by atoms with Gasteiger partial charge in [-0.15, -0.1) is 0 Å². The van der Waals surface area contributed by atoms with E-state index in [1.165, 1.54) is 5.56 Å². The van der Waals surface area contributed by atoms with E-state index in [2.05, 4.69) is 68.1 Å². The van der Waals surface area contributed by atoms with Crippen molar-refractivity contribution < 1.29 is 0 Å². The molecule has 0 aliphatic rings. The van der Waals surface area contributed by atoms with Crippen molar-refractivity contribution in [2.75, 3.05) is 11.9 Å². The van der Waals surface area contributed by atoms with Gasteiger partial charge in [-0.25, -0.2) is 0 Å². The summed E-state index contributed by atoms with van der Waals surface area (Å²) in [4.78, 5) is 2.21. The van der Waals surface area contributed by atoms with Gasteiger partial charge >= 0.3 is 0 Å². The van der Waals surface area contributed by atoms with E-state index >= 15 is 0 Å². The number of anilines is 1. The molecular formula is C15H14Br2ClN. The van der Waals surface area contributed by atoms with Crippen molar-refractivity contribution in [1.82, 2.24) is 0 Å². The molecule has 0 saturated carbocycles. The Morgan fingerprint density at radius 3 is 2.58 bits per heavy atom. The highest BCUT2D eigenvalue weighted by Crippen LogP contribution is 2.29. The normalized spacial score (nSPS) is 10.5. The standard InChI is InChI=1S/C15H14Br2ClN/c1-19(10-11-4-2-5-12(17)8-11)15-7-3-6-14(18)13(15)9-16/h2-8H,9-10H2,1H3. The Morgan fingerprint density at radius 1 is 1.16 bits per heavy atom. The monoisotopic (exact) mass is 401 g/mol. The van der Waals surface area contributed by atoms with Gasteiger partial charge in [0.25, 0.3) is 0 Å². The number of alkyl halides is 1. The molecular weight excluding hydrogens is 389 g/mol. The quantitative estimate of drug-likeness (QED) is 0.598. The van der Waals surface area contributed by atoms with Crippen molar-refractivity contribution >= 4 is 49.1 Å². The predicted octanol–water partition coefficient (Wildman–Crippen LogP) is 5.63. The molecule has 0 aliphatic carbocycles. The molecule has 0 amide bonds. The molecule has 0 aliphatic heterocycles. The topological polar surface area (TPSA) is 3.24 Å². The zero-order chi connectivity index (χ0) is 13.8. The first-order chi connectivity index (χ1) is 9.11. The van der Waals surface area contributed by atoms with Crippen LogP contribution in [-0.2, 0) is 11.9 Å². The van der Waals surface area contributed by atoms with Crippen molar-refractivity contribution in [3.05, 3.63) is 63.1 Å². The second kappa shape index (κ2) is 6.78. The molecule has 0 saturated heterocycles. The van der Waals surface area contributed by atoms with E-state index in [-0.39, 0.29) is 0 Å². The molecule has 1 nitrogen and oxygen atoms in total. The van der Waals surface area contributed by atoms with Gasteiger partial charge in [-0.3, -0.25) is 0 Å². The van der Waals surface area contributed by atoms with Crippen molar-refractivity contribution in [1.29, 1.82) is 0 Å². The van der Waals surface area contributed by atoms with E-state index in [0.717, 1.165) is 32.6 Å². The van der Waals surface area contributed by atoms with E-state index in [4.69, 9.17) is 11.6 Å². The molecule has 0 unspecified atom stereocenters. The molecule has 2 aromatic rings. The third-order valence-electron chi connectivity index (χ3n) is 2.95. The van der Waals surface area contributed by atoms with Crippen LogP contribution in [0.25, 0.3) is 0 Å². The molecule has 0 spiro atoms. The second-order valence-corrected chi connectivity index (χ2v) is 6.24. The molecule has 0 N–H and O–H groups in total. The Hall–Kier alpha value is -0.510. The largest absolute Gasteiger partial charge is 0.370 e. The van der Waals surface area contributed by atoms with Crippen LogP contribution in [0.15, 0.2) is 46.9 Å². The molecule has 0 bridgehead atoms. The number of rotatable bonds is 4. The summed E-state index contributed by atoms with van der Waals surface area (Å²) in [5, 5.41) is 1.56. The summed E-state index contributed by atoms with van der Waals surface area (Å²) in [6.07, 6.45) is 0. The van der Waals surface area contributed by atoms with Crippen molar-refractivity contribution in [3.63, 3.8) is 0 Å². The van der Waals surface area contributed by atoms with Gasteiger partial charge in [-0.1, -0.05) is 61.7 Å². The highest BCUT2D eigenvalue weighted by atomic mass is 79.9. The SMILES string of the molecule is CN(Cc1cccc(Br)c1)c1cccc(Cl)c1CBr. The minimum Gasteiger partial charge on any atom is -0.370 e. The summed E-state index contributed by atoms with van der Waals surface area (Å²) >= 11 is 13.2. The number of halogens is 3. The minimum atomic E-state index is 0.755. The van der Waals surface area contributed by atoms with Gasteiger partial charge < -0.3 is 4.90 Å². The van der Waals surface area contributed by atoms with Gasteiger partial charge in [-0.2, -0.15) is 0 Å². The molecule has 0 radical (unpaired) electrons. The van der Waals surface area contributed by atoms with Crippen LogP contribution in [0.1, 0.15) is 11.1 Å². The van der Waals surface area contributed by atoms with Gasteiger partial charge in [0.15, 0.2) is 0 Å². The van der Waals surface area contributed by atoms with Crippen LogP contribution in [0.4, 0.5) is 5.69 Å². The fourth-order valence-electron chi connectivity index (χ4n) is 2.03. The first kappa shape index (κ1) is 14.9. The smallest absolute Gasteiger partial charge is 0.0467 e. The van der Waals surface area contributed by atoms with Gasteiger partial charge in [0.1, 0.15) is 0 Å². The molecule has 0 fully saturated rings. The van der Waals surface area contributed by atoms with Crippen molar-refractivity contribution in [2.24, 2.45) is 0 Å². The minimum absolute atomic E-state index is 0.755. The maximum atomic E-state index is 6.24. The lowest BCUT2D eigenvalue weighted by Crippen LogP contribution is -2.17. The summed E-state index contributed by atoms with van der Waals surface area (Å²) in [6.45, 7) is 0.847. The fraction of sp³-hybridized carbons (Fsp3) is 0.200. The molecule has 0 aromatic heterocycles. The van der Waals surface area contributed by atoms with Crippen LogP contribution in [0.2, 0.25) is 5.02 Å². The summed E-state index contributed by atoms with van der Waals surface area (Å²) in [7, 11) is 2.08. The molecule has 4 heteroatoms. The van der Waals surface area contributed by atoms with Gasteiger partial charge in [-0.05, 0) is 29.8 Å². The highest BCUT2D eigenvalue weighted by molar-refractivity contribution is 9.10. The van der Waals surface area contributed by atoms with Crippen LogP contribution in [-0.4, -0.2) is 7.05 Å². The van der Waals surface area contributed by atoms with Crippen molar-refractivity contribution in [2.45, 2.75) is 11.9 Å². The van der Waals surface area contributed by atoms with Gasteiger partial charge in [0.05, 0.1) is 0 Å². The first-order valence-electron chi connectivity index (χ1n) is 5.90. The fourth-order valence-corrected chi connectivity index (χ4v) is 3.47. The molecule has 2 rings (SSSR count). The van der Waals surface area contributed by atoms with Crippen LogP contribution in [0.5, 0.6) is 0 Å². The maximum Gasteiger partial charge on any atom is 0.0467 e. The Kier molecular flexibility index (Phi) is 5.31. The maximum absolute atomic E-state index is 6.24. The van der Waals surface area contributed by atoms with Gasteiger partial charge in [0.2, 0.25) is 0 Å². The molecule has 0 heterocycles. The Morgan fingerprint density at radius 2 is 1.89 bits per heavy atom. The molecule has 19 heavy (non-hydrogen) atoms. The summed E-state index contributed by atoms with van der Waals surface area (Å²) in [6, 6.07) is 14.4.